The van der Waals surface area contributed by atoms with Crippen molar-refractivity contribution in [2.75, 3.05) is 16.4 Å². The van der Waals surface area contributed by atoms with E-state index in [-0.39, 0.29) is 5.91 Å². The zero-order valence-corrected chi connectivity index (χ0v) is 19.1. The van der Waals surface area contributed by atoms with Crippen LogP contribution in [0.1, 0.15) is 34.1 Å². The van der Waals surface area contributed by atoms with Crippen LogP contribution in [0.15, 0.2) is 66.2 Å². The molecule has 0 saturated heterocycles. The molecular weight excluding hydrogens is 452 g/mol. The molecule has 0 aliphatic heterocycles. The predicted octanol–water partition coefficient (Wildman–Crippen LogP) is 5.97. The number of thiazole rings is 1. The van der Waals surface area contributed by atoms with E-state index < -0.39 is 0 Å². The molecule has 0 atom stereocenters. The van der Waals surface area contributed by atoms with Crippen LogP contribution in [0.25, 0.3) is 17.0 Å². The Labute approximate surface area is 197 Å². The molecule has 4 N–H and O–H groups in total. The Bertz CT molecular complexity index is 1480. The molecule has 9 heteroatoms. The standard InChI is InChI=1S/C24H20N6OS2/c25-15-4-1-2-5-16(15)27-23(31)20-10-11-22(33-20)29-24-28-17(13-32-24)19-12-26-21-7-3-6-18(30(19)21)14-8-9-14/h1-7,10-14H,8-9,25H2,(H,27,31)(H,28,29). The number of nitrogens with one attached hydrogen (secondary N) is 2. The molecule has 33 heavy (non-hydrogen) atoms. The molecule has 1 aliphatic rings. The highest BCUT2D eigenvalue weighted by molar-refractivity contribution is 7.19. The number of thiophene rings is 1. The number of benzene rings is 1. The lowest BCUT2D eigenvalue weighted by atomic mass is 10.2. The van der Waals surface area contributed by atoms with Gasteiger partial charge in [-0.2, -0.15) is 0 Å². The van der Waals surface area contributed by atoms with Crippen LogP contribution in [0.3, 0.4) is 0 Å². The SMILES string of the molecule is Nc1ccccc1NC(=O)c1ccc(Nc2nc(-c3cnc4cccc(C5CC5)n34)cs2)s1. The van der Waals surface area contributed by atoms with Crippen molar-refractivity contribution in [1.29, 1.82) is 0 Å². The maximum Gasteiger partial charge on any atom is 0.265 e. The summed E-state index contributed by atoms with van der Waals surface area (Å²) in [7, 11) is 0. The predicted molar refractivity (Wildman–Crippen MR) is 135 cm³/mol. The summed E-state index contributed by atoms with van der Waals surface area (Å²) in [5, 5.41) is 9.84. The van der Waals surface area contributed by atoms with Crippen LogP contribution in [0.2, 0.25) is 0 Å². The van der Waals surface area contributed by atoms with Crippen molar-refractivity contribution in [3.8, 4) is 11.4 Å². The number of rotatable bonds is 6. The minimum Gasteiger partial charge on any atom is -0.397 e. The number of aromatic nitrogens is 3. The zero-order valence-electron chi connectivity index (χ0n) is 17.5. The van der Waals surface area contributed by atoms with Crippen molar-refractivity contribution in [1.82, 2.24) is 14.4 Å². The third-order valence-electron chi connectivity index (χ3n) is 5.59. The first-order valence-electron chi connectivity index (χ1n) is 10.6. The summed E-state index contributed by atoms with van der Waals surface area (Å²) in [6.07, 6.45) is 4.35. The first kappa shape index (κ1) is 20.0. The Kier molecular flexibility index (Phi) is 4.85. The maximum absolute atomic E-state index is 12.6. The number of carbonyl (C=O) groups is 1. The van der Waals surface area contributed by atoms with Crippen molar-refractivity contribution >= 4 is 55.7 Å². The van der Waals surface area contributed by atoms with Gasteiger partial charge in [-0.1, -0.05) is 18.2 Å². The van der Waals surface area contributed by atoms with Crippen molar-refractivity contribution in [3.63, 3.8) is 0 Å². The molecule has 164 valence electrons. The monoisotopic (exact) mass is 472 g/mol. The van der Waals surface area contributed by atoms with E-state index >= 15 is 0 Å². The van der Waals surface area contributed by atoms with Gasteiger partial charge in [0.2, 0.25) is 0 Å². The number of nitrogen functional groups attached to an aromatic ring is 1. The van der Waals surface area contributed by atoms with Gasteiger partial charge in [-0.15, -0.1) is 22.7 Å². The van der Waals surface area contributed by atoms with E-state index in [1.165, 1.54) is 41.2 Å². The fraction of sp³-hybridized carbons (Fsp3) is 0.125. The molecule has 1 aromatic carbocycles. The quantitative estimate of drug-likeness (QED) is 0.264. The van der Waals surface area contributed by atoms with E-state index in [1.54, 1.807) is 18.2 Å². The third-order valence-corrected chi connectivity index (χ3v) is 7.35. The molecular formula is C24H20N6OS2. The second-order valence-corrected chi connectivity index (χ2v) is 9.87. The number of nitrogens with two attached hydrogens (primary N) is 1. The lowest BCUT2D eigenvalue weighted by Crippen LogP contribution is -2.11. The average Bonchev–Trinajstić information content (AvgIpc) is 3.19. The lowest BCUT2D eigenvalue weighted by molar-refractivity contribution is 0.103. The zero-order chi connectivity index (χ0) is 22.4. The highest BCUT2D eigenvalue weighted by Gasteiger charge is 2.27. The van der Waals surface area contributed by atoms with E-state index in [0.29, 0.717) is 22.2 Å². The number of fused-ring (bicyclic) bond motifs is 1. The summed E-state index contributed by atoms with van der Waals surface area (Å²) in [6, 6.07) is 17.2. The molecule has 1 fully saturated rings. The van der Waals surface area contributed by atoms with Gasteiger partial charge < -0.3 is 16.4 Å². The third kappa shape index (κ3) is 3.85. The second-order valence-electron chi connectivity index (χ2n) is 7.93. The number of hydrogen-bond acceptors (Lipinski definition) is 7. The van der Waals surface area contributed by atoms with Crippen LogP contribution < -0.4 is 16.4 Å². The van der Waals surface area contributed by atoms with Gasteiger partial charge in [0, 0.05) is 11.1 Å². The topological polar surface area (TPSA) is 97.3 Å². The summed E-state index contributed by atoms with van der Waals surface area (Å²) in [4.78, 5) is 22.6. The van der Waals surface area contributed by atoms with E-state index in [2.05, 4.69) is 32.2 Å². The van der Waals surface area contributed by atoms with E-state index in [1.807, 2.05) is 35.8 Å². The molecule has 4 heterocycles. The molecule has 0 radical (unpaired) electrons. The number of hydrogen-bond donors (Lipinski definition) is 3. The molecule has 4 aromatic heterocycles. The number of pyridine rings is 1. The van der Waals surface area contributed by atoms with Crippen LogP contribution in [0.4, 0.5) is 21.5 Å². The van der Waals surface area contributed by atoms with Gasteiger partial charge in [0.1, 0.15) is 11.3 Å². The van der Waals surface area contributed by atoms with Gasteiger partial charge in [-0.25, -0.2) is 9.97 Å². The van der Waals surface area contributed by atoms with E-state index in [4.69, 9.17) is 10.7 Å². The second kappa shape index (κ2) is 8.02. The summed E-state index contributed by atoms with van der Waals surface area (Å²) in [6.45, 7) is 0. The number of nitrogens with zero attached hydrogens (tertiary/aromatic N) is 3. The Hall–Kier alpha value is -3.69. The minimum absolute atomic E-state index is 0.191. The smallest absolute Gasteiger partial charge is 0.265 e. The summed E-state index contributed by atoms with van der Waals surface area (Å²) in [5.74, 6) is 0.420. The molecule has 1 aliphatic carbocycles. The summed E-state index contributed by atoms with van der Waals surface area (Å²) < 4.78 is 2.22. The van der Waals surface area contributed by atoms with Crippen LogP contribution in [0, 0.1) is 0 Å². The number of amides is 1. The summed E-state index contributed by atoms with van der Waals surface area (Å²) >= 11 is 2.90. The number of imidazole rings is 1. The molecule has 6 rings (SSSR count). The first-order valence-corrected chi connectivity index (χ1v) is 12.3. The molecule has 1 saturated carbocycles. The minimum atomic E-state index is -0.191. The number of carbonyl (C=O) groups excluding carboxylic acids is 1. The van der Waals surface area contributed by atoms with Gasteiger partial charge in [-0.3, -0.25) is 9.20 Å². The van der Waals surface area contributed by atoms with Gasteiger partial charge >= 0.3 is 0 Å². The summed E-state index contributed by atoms with van der Waals surface area (Å²) in [5.41, 5.74) is 11.2. The average molecular weight is 473 g/mol. The van der Waals surface area contributed by atoms with Gasteiger partial charge in [0.05, 0.1) is 33.1 Å². The molecule has 0 spiro atoms. The normalized spacial score (nSPS) is 13.3. The molecule has 0 unspecified atom stereocenters. The fourth-order valence-electron chi connectivity index (χ4n) is 3.82. The number of anilines is 4. The van der Waals surface area contributed by atoms with Crippen molar-refractivity contribution in [2.24, 2.45) is 0 Å². The van der Waals surface area contributed by atoms with E-state index in [0.717, 1.165) is 27.2 Å². The Morgan fingerprint density at radius 2 is 1.97 bits per heavy atom. The van der Waals surface area contributed by atoms with Crippen LogP contribution in [0.5, 0.6) is 0 Å². The van der Waals surface area contributed by atoms with Crippen LogP contribution in [-0.4, -0.2) is 20.3 Å². The maximum atomic E-state index is 12.6. The molecule has 0 bridgehead atoms. The van der Waals surface area contributed by atoms with Crippen molar-refractivity contribution in [2.45, 2.75) is 18.8 Å². The lowest BCUT2D eigenvalue weighted by Gasteiger charge is -2.06. The highest BCUT2D eigenvalue weighted by Crippen LogP contribution is 2.41. The first-order chi connectivity index (χ1) is 16.2. The van der Waals surface area contributed by atoms with E-state index in [9.17, 15) is 4.79 Å². The fourth-order valence-corrected chi connectivity index (χ4v) is 5.40. The molecule has 1 amide bonds. The van der Waals surface area contributed by atoms with Crippen molar-refractivity contribution in [3.05, 3.63) is 76.7 Å². The molecule has 7 nitrogen and oxygen atoms in total. The van der Waals surface area contributed by atoms with Gasteiger partial charge in [0.25, 0.3) is 5.91 Å². The van der Waals surface area contributed by atoms with Gasteiger partial charge in [-0.05, 0) is 55.2 Å². The number of para-hydroxylation sites is 2. The Balaban J connectivity index is 1.21. The Morgan fingerprint density at radius 1 is 1.09 bits per heavy atom. The van der Waals surface area contributed by atoms with Crippen molar-refractivity contribution < 1.29 is 4.79 Å². The highest BCUT2D eigenvalue weighted by atomic mass is 32.1. The Morgan fingerprint density at radius 3 is 2.82 bits per heavy atom. The van der Waals surface area contributed by atoms with Gasteiger partial charge in [0.15, 0.2) is 5.13 Å². The largest absolute Gasteiger partial charge is 0.397 e. The van der Waals surface area contributed by atoms with Crippen LogP contribution in [-0.2, 0) is 0 Å². The van der Waals surface area contributed by atoms with Crippen LogP contribution >= 0.6 is 22.7 Å². The molecule has 5 aromatic rings.